The van der Waals surface area contributed by atoms with Gasteiger partial charge in [-0.2, -0.15) is 0 Å². The van der Waals surface area contributed by atoms with Gasteiger partial charge in [0.25, 0.3) is 0 Å². The van der Waals surface area contributed by atoms with Crippen LogP contribution in [0.4, 0.5) is 0 Å². The van der Waals surface area contributed by atoms with Gasteiger partial charge in [-0.1, -0.05) is 40.2 Å². The van der Waals surface area contributed by atoms with Gasteiger partial charge in [0.15, 0.2) is 5.78 Å². The Morgan fingerprint density at radius 2 is 1.55 bits per heavy atom. The number of Topliss-reactive ketones (excluding diaryl/α,β-unsaturated/α-hetero) is 1. The Hall–Kier alpha value is -1.61. The van der Waals surface area contributed by atoms with Crippen LogP contribution < -0.4 is 4.74 Å². The van der Waals surface area contributed by atoms with E-state index in [1.165, 1.54) is 0 Å². The Labute approximate surface area is 126 Å². The first kappa shape index (κ1) is 13.4. The van der Waals surface area contributed by atoms with E-state index in [-0.39, 0.29) is 18.3 Å². The van der Waals surface area contributed by atoms with E-state index in [0.29, 0.717) is 0 Å². The van der Waals surface area contributed by atoms with Crippen molar-refractivity contribution in [3.63, 3.8) is 0 Å². The predicted molar refractivity (Wildman–Crippen MR) is 82.8 cm³/mol. The fourth-order valence-electron chi connectivity index (χ4n) is 2.06. The van der Waals surface area contributed by atoms with Gasteiger partial charge in [0.05, 0.1) is 0 Å². The summed E-state index contributed by atoms with van der Waals surface area (Å²) in [6, 6.07) is 16.0. The van der Waals surface area contributed by atoms with Gasteiger partial charge in [-0.05, 0) is 48.2 Å². The van der Waals surface area contributed by atoms with Gasteiger partial charge in [-0.15, -0.1) is 0 Å². The standard InChI is InChI=1S/C17H15BrO2/c18-15-7-3-12(4-8-15)13-5-9-16(10-6-13)20-11-17(19)14-1-2-14/h3-10,14H,1-2,11H2. The highest BCUT2D eigenvalue weighted by Gasteiger charge is 2.29. The maximum atomic E-state index is 11.6. The average Bonchev–Trinajstić information content (AvgIpc) is 3.31. The molecule has 0 bridgehead atoms. The van der Waals surface area contributed by atoms with Crippen molar-refractivity contribution in [3.8, 4) is 16.9 Å². The monoisotopic (exact) mass is 330 g/mol. The van der Waals surface area contributed by atoms with E-state index in [4.69, 9.17) is 4.74 Å². The molecule has 1 aliphatic rings. The van der Waals surface area contributed by atoms with E-state index in [1.54, 1.807) is 0 Å². The van der Waals surface area contributed by atoms with Gasteiger partial charge >= 0.3 is 0 Å². The quantitative estimate of drug-likeness (QED) is 0.808. The second-order valence-corrected chi connectivity index (χ2v) is 5.98. The first-order valence-electron chi connectivity index (χ1n) is 6.74. The van der Waals surface area contributed by atoms with Crippen molar-refractivity contribution in [1.82, 2.24) is 0 Å². The molecule has 2 aromatic rings. The minimum Gasteiger partial charge on any atom is -0.486 e. The van der Waals surface area contributed by atoms with Crippen LogP contribution in [0.25, 0.3) is 11.1 Å². The van der Waals surface area contributed by atoms with Crippen LogP contribution in [-0.2, 0) is 4.79 Å². The molecule has 20 heavy (non-hydrogen) atoms. The number of hydrogen-bond donors (Lipinski definition) is 0. The van der Waals surface area contributed by atoms with Crippen molar-refractivity contribution in [3.05, 3.63) is 53.0 Å². The van der Waals surface area contributed by atoms with E-state index in [2.05, 4.69) is 28.1 Å². The lowest BCUT2D eigenvalue weighted by molar-refractivity contribution is -0.122. The Bertz CT molecular complexity index is 598. The number of rotatable bonds is 5. The number of halogens is 1. The molecule has 0 heterocycles. The number of ketones is 1. The summed E-state index contributed by atoms with van der Waals surface area (Å²) in [4.78, 5) is 11.6. The van der Waals surface area contributed by atoms with Crippen LogP contribution in [0.15, 0.2) is 53.0 Å². The topological polar surface area (TPSA) is 26.3 Å². The fourth-order valence-corrected chi connectivity index (χ4v) is 2.33. The van der Waals surface area contributed by atoms with Crippen molar-refractivity contribution >= 4 is 21.7 Å². The summed E-state index contributed by atoms with van der Waals surface area (Å²) in [6.07, 6.45) is 2.06. The molecule has 0 spiro atoms. The van der Waals surface area contributed by atoms with Crippen molar-refractivity contribution in [2.75, 3.05) is 6.61 Å². The SMILES string of the molecule is O=C(COc1ccc(-c2ccc(Br)cc2)cc1)C1CC1. The van der Waals surface area contributed by atoms with E-state index in [1.807, 2.05) is 36.4 Å². The van der Waals surface area contributed by atoms with E-state index < -0.39 is 0 Å². The lowest BCUT2D eigenvalue weighted by Gasteiger charge is -2.07. The molecule has 0 saturated heterocycles. The van der Waals surface area contributed by atoms with E-state index in [0.717, 1.165) is 34.2 Å². The van der Waals surface area contributed by atoms with Gasteiger partial charge < -0.3 is 4.74 Å². The van der Waals surface area contributed by atoms with Crippen molar-refractivity contribution in [2.45, 2.75) is 12.8 Å². The zero-order valence-electron chi connectivity index (χ0n) is 11.0. The van der Waals surface area contributed by atoms with Gasteiger partial charge in [0.1, 0.15) is 12.4 Å². The highest BCUT2D eigenvalue weighted by molar-refractivity contribution is 9.10. The lowest BCUT2D eigenvalue weighted by atomic mass is 10.1. The van der Waals surface area contributed by atoms with Crippen LogP contribution in [0.3, 0.4) is 0 Å². The molecular formula is C17H15BrO2. The molecule has 0 aliphatic heterocycles. The van der Waals surface area contributed by atoms with E-state index >= 15 is 0 Å². The van der Waals surface area contributed by atoms with Crippen molar-refractivity contribution in [2.24, 2.45) is 5.92 Å². The fraction of sp³-hybridized carbons (Fsp3) is 0.235. The zero-order chi connectivity index (χ0) is 13.9. The summed E-state index contributed by atoms with van der Waals surface area (Å²) in [5.74, 6) is 1.24. The molecule has 102 valence electrons. The van der Waals surface area contributed by atoms with Crippen LogP contribution >= 0.6 is 15.9 Å². The van der Waals surface area contributed by atoms with Crippen LogP contribution in [0, 0.1) is 5.92 Å². The van der Waals surface area contributed by atoms with Crippen molar-refractivity contribution in [1.29, 1.82) is 0 Å². The molecule has 0 amide bonds. The highest BCUT2D eigenvalue weighted by atomic mass is 79.9. The Balaban J connectivity index is 1.64. The first-order chi connectivity index (χ1) is 9.72. The maximum Gasteiger partial charge on any atom is 0.173 e. The summed E-state index contributed by atoms with van der Waals surface area (Å²) < 4.78 is 6.59. The first-order valence-corrected chi connectivity index (χ1v) is 7.53. The van der Waals surface area contributed by atoms with Gasteiger partial charge in [0.2, 0.25) is 0 Å². The third-order valence-corrected chi connectivity index (χ3v) is 3.97. The second kappa shape index (κ2) is 5.80. The van der Waals surface area contributed by atoms with Crippen LogP contribution in [0.2, 0.25) is 0 Å². The molecule has 0 N–H and O–H groups in total. The van der Waals surface area contributed by atoms with Crippen molar-refractivity contribution < 1.29 is 9.53 Å². The molecule has 1 saturated carbocycles. The molecular weight excluding hydrogens is 316 g/mol. The number of carbonyl (C=O) groups excluding carboxylic acids is 1. The van der Waals surface area contributed by atoms with Crippen LogP contribution in [-0.4, -0.2) is 12.4 Å². The normalized spacial score (nSPS) is 14.1. The molecule has 3 heteroatoms. The predicted octanol–water partition coefficient (Wildman–Crippen LogP) is 4.47. The number of carbonyl (C=O) groups is 1. The third kappa shape index (κ3) is 3.28. The number of hydrogen-bond acceptors (Lipinski definition) is 2. The van der Waals surface area contributed by atoms with Gasteiger partial charge in [-0.3, -0.25) is 4.79 Å². The summed E-state index contributed by atoms with van der Waals surface area (Å²) in [5.41, 5.74) is 2.30. The second-order valence-electron chi connectivity index (χ2n) is 5.06. The minimum absolute atomic E-state index is 0.197. The van der Waals surface area contributed by atoms with E-state index in [9.17, 15) is 4.79 Å². The molecule has 0 unspecified atom stereocenters. The smallest absolute Gasteiger partial charge is 0.173 e. The van der Waals surface area contributed by atoms with Crippen LogP contribution in [0.5, 0.6) is 5.75 Å². The lowest BCUT2D eigenvalue weighted by Crippen LogP contribution is -2.12. The molecule has 0 radical (unpaired) electrons. The molecule has 0 aromatic heterocycles. The van der Waals surface area contributed by atoms with Gasteiger partial charge in [0, 0.05) is 10.4 Å². The molecule has 1 fully saturated rings. The molecule has 0 atom stereocenters. The largest absolute Gasteiger partial charge is 0.486 e. The molecule has 2 nitrogen and oxygen atoms in total. The summed E-state index contributed by atoms with van der Waals surface area (Å²) in [5, 5.41) is 0. The minimum atomic E-state index is 0.197. The average molecular weight is 331 g/mol. The number of ether oxygens (including phenoxy) is 1. The summed E-state index contributed by atoms with van der Waals surface area (Å²) in [7, 11) is 0. The summed E-state index contributed by atoms with van der Waals surface area (Å²) >= 11 is 3.43. The molecule has 2 aromatic carbocycles. The van der Waals surface area contributed by atoms with Gasteiger partial charge in [-0.25, -0.2) is 0 Å². The third-order valence-electron chi connectivity index (χ3n) is 3.45. The highest BCUT2D eigenvalue weighted by Crippen LogP contribution is 2.30. The molecule has 3 rings (SSSR count). The number of benzene rings is 2. The zero-order valence-corrected chi connectivity index (χ0v) is 12.6. The maximum absolute atomic E-state index is 11.6. The molecule has 1 aliphatic carbocycles. The Morgan fingerprint density at radius 3 is 2.10 bits per heavy atom. The Kier molecular flexibility index (Phi) is 3.88. The van der Waals surface area contributed by atoms with Crippen LogP contribution in [0.1, 0.15) is 12.8 Å². The Morgan fingerprint density at radius 1 is 1.00 bits per heavy atom. The summed E-state index contributed by atoms with van der Waals surface area (Å²) in [6.45, 7) is 0.197.